The molecule has 0 atom stereocenters. The molecule has 106 valence electrons. The van der Waals surface area contributed by atoms with E-state index in [0.717, 1.165) is 4.90 Å². The molecule has 0 unspecified atom stereocenters. The first-order valence-corrected chi connectivity index (χ1v) is 5.82. The van der Waals surface area contributed by atoms with Crippen molar-refractivity contribution in [2.75, 3.05) is 13.1 Å². The molecule has 0 aromatic carbocycles. The van der Waals surface area contributed by atoms with E-state index in [4.69, 9.17) is 5.11 Å². The van der Waals surface area contributed by atoms with Gasteiger partial charge in [-0.25, -0.2) is 0 Å². The number of aliphatic carboxylic acids is 1. The zero-order valence-corrected chi connectivity index (χ0v) is 10.3. The van der Waals surface area contributed by atoms with E-state index < -0.39 is 24.6 Å². The molecule has 0 aliphatic rings. The van der Waals surface area contributed by atoms with E-state index in [1.54, 1.807) is 0 Å². The van der Waals surface area contributed by atoms with Gasteiger partial charge in [0, 0.05) is 19.4 Å². The van der Waals surface area contributed by atoms with Crippen LogP contribution in [0.3, 0.4) is 0 Å². The van der Waals surface area contributed by atoms with Crippen molar-refractivity contribution < 1.29 is 27.9 Å². The molecular weight excluding hydrogens is 251 g/mol. The van der Waals surface area contributed by atoms with Crippen LogP contribution in [0, 0.1) is 0 Å². The summed E-state index contributed by atoms with van der Waals surface area (Å²) in [5, 5.41) is 8.39. The largest absolute Gasteiger partial charge is 0.481 e. The van der Waals surface area contributed by atoms with Crippen LogP contribution in [0.2, 0.25) is 0 Å². The van der Waals surface area contributed by atoms with Crippen molar-refractivity contribution >= 4 is 11.9 Å². The summed E-state index contributed by atoms with van der Waals surface area (Å²) in [6.07, 6.45) is -3.53. The Morgan fingerprint density at radius 3 is 2.22 bits per heavy atom. The molecule has 0 aliphatic carbocycles. The Balaban J connectivity index is 4.26. The number of carboxylic acid groups (broad SMARTS) is 1. The zero-order chi connectivity index (χ0) is 14.2. The fourth-order valence-electron chi connectivity index (χ4n) is 1.41. The number of carbonyl (C=O) groups excluding carboxylic acids is 1. The zero-order valence-electron chi connectivity index (χ0n) is 10.3. The minimum atomic E-state index is -4.42. The van der Waals surface area contributed by atoms with E-state index in [-0.39, 0.29) is 25.8 Å². The summed E-state index contributed by atoms with van der Waals surface area (Å²) in [5.74, 6) is -1.69. The van der Waals surface area contributed by atoms with E-state index in [0.29, 0.717) is 12.8 Å². The highest BCUT2D eigenvalue weighted by Gasteiger charge is 2.32. The van der Waals surface area contributed by atoms with Crippen LogP contribution >= 0.6 is 0 Å². The van der Waals surface area contributed by atoms with E-state index in [1.165, 1.54) is 0 Å². The number of hydrogen-bond donors (Lipinski definition) is 1. The van der Waals surface area contributed by atoms with Crippen molar-refractivity contribution in [2.45, 2.75) is 45.2 Å². The Kier molecular flexibility index (Phi) is 7.38. The van der Waals surface area contributed by atoms with Crippen LogP contribution in [0.5, 0.6) is 0 Å². The first-order valence-electron chi connectivity index (χ1n) is 5.82. The molecule has 0 radical (unpaired) electrons. The van der Waals surface area contributed by atoms with Crippen molar-refractivity contribution in [1.29, 1.82) is 0 Å². The third kappa shape index (κ3) is 8.83. The Morgan fingerprint density at radius 1 is 1.17 bits per heavy atom. The lowest BCUT2D eigenvalue weighted by molar-refractivity contribution is -0.161. The minimum absolute atomic E-state index is 0.0575. The summed E-state index contributed by atoms with van der Waals surface area (Å²) < 4.78 is 36.8. The smallest absolute Gasteiger partial charge is 0.406 e. The summed E-state index contributed by atoms with van der Waals surface area (Å²) in [6.45, 7) is 0.613. The molecule has 7 heteroatoms. The van der Waals surface area contributed by atoms with Gasteiger partial charge in [-0.3, -0.25) is 9.59 Å². The SMILES string of the molecule is CCCCN(CC(F)(F)F)C(=O)CCCC(=O)O. The van der Waals surface area contributed by atoms with Crippen LogP contribution in [-0.2, 0) is 9.59 Å². The highest BCUT2D eigenvalue weighted by Crippen LogP contribution is 2.18. The second kappa shape index (κ2) is 7.94. The second-order valence-corrected chi connectivity index (χ2v) is 4.03. The minimum Gasteiger partial charge on any atom is -0.481 e. The predicted molar refractivity (Wildman–Crippen MR) is 59.0 cm³/mol. The molecular formula is C11H18F3NO3. The van der Waals surface area contributed by atoms with Gasteiger partial charge in [0.05, 0.1) is 0 Å². The Hall–Kier alpha value is -1.27. The third-order valence-corrected chi connectivity index (χ3v) is 2.29. The van der Waals surface area contributed by atoms with Gasteiger partial charge in [-0.1, -0.05) is 13.3 Å². The highest BCUT2D eigenvalue weighted by atomic mass is 19.4. The Morgan fingerprint density at radius 2 is 1.78 bits per heavy atom. The van der Waals surface area contributed by atoms with Gasteiger partial charge in [0.1, 0.15) is 6.54 Å². The van der Waals surface area contributed by atoms with Crippen LogP contribution in [0.1, 0.15) is 39.0 Å². The quantitative estimate of drug-likeness (QED) is 0.736. The van der Waals surface area contributed by atoms with E-state index >= 15 is 0 Å². The number of amides is 1. The van der Waals surface area contributed by atoms with Gasteiger partial charge >= 0.3 is 12.1 Å². The molecule has 0 bridgehead atoms. The van der Waals surface area contributed by atoms with Crippen LogP contribution in [0.25, 0.3) is 0 Å². The number of unbranched alkanes of at least 4 members (excludes halogenated alkanes) is 1. The highest BCUT2D eigenvalue weighted by molar-refractivity contribution is 5.77. The summed E-state index contributed by atoms with van der Waals surface area (Å²) >= 11 is 0. The molecule has 0 fully saturated rings. The maximum absolute atomic E-state index is 12.3. The maximum Gasteiger partial charge on any atom is 0.406 e. The number of rotatable bonds is 8. The molecule has 1 N–H and O–H groups in total. The van der Waals surface area contributed by atoms with Crippen LogP contribution in [0.15, 0.2) is 0 Å². The van der Waals surface area contributed by atoms with Gasteiger partial charge in [0.2, 0.25) is 5.91 Å². The van der Waals surface area contributed by atoms with Crippen LogP contribution < -0.4 is 0 Å². The topological polar surface area (TPSA) is 57.6 Å². The fraction of sp³-hybridized carbons (Fsp3) is 0.818. The van der Waals surface area contributed by atoms with Gasteiger partial charge in [0.25, 0.3) is 0 Å². The molecule has 0 aliphatic heterocycles. The van der Waals surface area contributed by atoms with Gasteiger partial charge in [-0.2, -0.15) is 13.2 Å². The van der Waals surface area contributed by atoms with Crippen molar-refractivity contribution in [3.8, 4) is 0 Å². The fourth-order valence-corrected chi connectivity index (χ4v) is 1.41. The van der Waals surface area contributed by atoms with E-state index in [9.17, 15) is 22.8 Å². The lowest BCUT2D eigenvalue weighted by Gasteiger charge is -2.23. The summed E-state index contributed by atoms with van der Waals surface area (Å²) in [7, 11) is 0. The molecule has 0 aromatic rings. The van der Waals surface area contributed by atoms with Crippen molar-refractivity contribution in [2.24, 2.45) is 0 Å². The number of hydrogen-bond acceptors (Lipinski definition) is 2. The molecule has 0 saturated heterocycles. The summed E-state index contributed by atoms with van der Waals surface area (Å²) in [4.78, 5) is 22.5. The Bertz CT molecular complexity index is 279. The number of carboxylic acids is 1. The second-order valence-electron chi connectivity index (χ2n) is 4.03. The average molecular weight is 269 g/mol. The molecule has 0 heterocycles. The first-order chi connectivity index (χ1) is 8.26. The lowest BCUT2D eigenvalue weighted by atomic mass is 10.2. The number of nitrogens with zero attached hydrogens (tertiary/aromatic N) is 1. The van der Waals surface area contributed by atoms with E-state index in [1.807, 2.05) is 6.92 Å². The average Bonchev–Trinajstić information content (AvgIpc) is 2.21. The van der Waals surface area contributed by atoms with Crippen LogP contribution in [0.4, 0.5) is 13.2 Å². The summed E-state index contributed by atoms with van der Waals surface area (Å²) in [5.41, 5.74) is 0. The van der Waals surface area contributed by atoms with E-state index in [2.05, 4.69) is 0 Å². The standard InChI is InChI=1S/C11H18F3NO3/c1-2-3-7-15(8-11(12,13)14)9(16)5-4-6-10(17)18/h2-8H2,1H3,(H,17,18). The van der Waals surface area contributed by atoms with Crippen LogP contribution in [-0.4, -0.2) is 41.1 Å². The van der Waals surface area contributed by atoms with Gasteiger partial charge in [-0.15, -0.1) is 0 Å². The van der Waals surface area contributed by atoms with Gasteiger partial charge in [0.15, 0.2) is 0 Å². The molecule has 0 rings (SSSR count). The molecule has 1 amide bonds. The number of halogens is 3. The first kappa shape index (κ1) is 16.7. The molecule has 0 saturated carbocycles. The number of carbonyl (C=O) groups is 2. The van der Waals surface area contributed by atoms with Crippen molar-refractivity contribution in [3.63, 3.8) is 0 Å². The monoisotopic (exact) mass is 269 g/mol. The van der Waals surface area contributed by atoms with Gasteiger partial charge < -0.3 is 10.0 Å². The lowest BCUT2D eigenvalue weighted by Crippen LogP contribution is -2.39. The molecule has 18 heavy (non-hydrogen) atoms. The molecule has 0 spiro atoms. The number of alkyl halides is 3. The summed E-state index contributed by atoms with van der Waals surface area (Å²) in [6, 6.07) is 0. The molecule has 4 nitrogen and oxygen atoms in total. The third-order valence-electron chi connectivity index (χ3n) is 2.29. The normalized spacial score (nSPS) is 11.3. The predicted octanol–water partition coefficient (Wildman–Crippen LogP) is 2.43. The van der Waals surface area contributed by atoms with Crippen molar-refractivity contribution in [1.82, 2.24) is 4.90 Å². The van der Waals surface area contributed by atoms with Crippen molar-refractivity contribution in [3.05, 3.63) is 0 Å². The maximum atomic E-state index is 12.3. The van der Waals surface area contributed by atoms with Gasteiger partial charge in [-0.05, 0) is 12.8 Å². The molecule has 0 aromatic heterocycles. The Labute approximate surface area is 104 Å².